The second kappa shape index (κ2) is 10.5. The van der Waals surface area contributed by atoms with Crippen LogP contribution in [-0.4, -0.2) is 24.1 Å². The van der Waals surface area contributed by atoms with E-state index in [4.69, 9.17) is 16.9 Å². The summed E-state index contributed by atoms with van der Waals surface area (Å²) in [6.07, 6.45) is 4.78. The highest BCUT2D eigenvalue weighted by Crippen LogP contribution is 2.04. The Morgan fingerprint density at radius 3 is 2.48 bits per heavy atom. The van der Waals surface area contributed by atoms with Crippen LogP contribution in [0.25, 0.3) is 0 Å². The molecule has 0 radical (unpaired) electrons. The molecule has 116 valence electrons. The number of unbranched alkanes of at least 4 members (excludes halogenated alkanes) is 2. The maximum atomic E-state index is 11.7. The van der Waals surface area contributed by atoms with Gasteiger partial charge in [0.25, 0.3) is 0 Å². The van der Waals surface area contributed by atoms with Gasteiger partial charge in [-0.1, -0.05) is 25.7 Å². The minimum atomic E-state index is -0.623. The molecule has 0 aliphatic heterocycles. The third-order valence-corrected chi connectivity index (χ3v) is 2.81. The summed E-state index contributed by atoms with van der Waals surface area (Å²) in [7, 11) is 0. The molecular weight excluding hydrogens is 268 g/mol. The van der Waals surface area contributed by atoms with E-state index in [0.717, 1.165) is 12.6 Å². The molecule has 0 bridgehead atoms. The van der Waals surface area contributed by atoms with E-state index in [1.807, 2.05) is 13.8 Å². The molecule has 0 rings (SSSR count). The zero-order valence-electron chi connectivity index (χ0n) is 12.6. The summed E-state index contributed by atoms with van der Waals surface area (Å²) < 4.78 is 0. The maximum Gasteiger partial charge on any atom is 0.240 e. The molecule has 0 unspecified atom stereocenters. The van der Waals surface area contributed by atoms with Gasteiger partial charge in [-0.3, -0.25) is 9.59 Å². The van der Waals surface area contributed by atoms with Crippen molar-refractivity contribution < 1.29 is 9.59 Å². The van der Waals surface area contributed by atoms with E-state index in [0.29, 0.717) is 24.8 Å². The monoisotopic (exact) mass is 292 g/mol. The predicted octanol–water partition coefficient (Wildman–Crippen LogP) is 0.668. The molecule has 0 fully saturated rings. The zero-order chi connectivity index (χ0) is 16.3. The summed E-state index contributed by atoms with van der Waals surface area (Å²) in [6, 6.07) is -0.623. The van der Waals surface area contributed by atoms with Crippen molar-refractivity contribution in [3.63, 3.8) is 0 Å². The molecule has 0 aliphatic rings. The molecule has 6 heteroatoms. The average molecular weight is 292 g/mol. The lowest BCUT2D eigenvalue weighted by Gasteiger charge is -2.18. The van der Waals surface area contributed by atoms with Crippen molar-refractivity contribution in [3.8, 4) is 11.8 Å². The van der Waals surface area contributed by atoms with Crippen molar-refractivity contribution in [2.24, 2.45) is 17.4 Å². The van der Waals surface area contributed by atoms with Crippen LogP contribution in [0.1, 0.15) is 39.5 Å². The lowest BCUT2D eigenvalue weighted by molar-refractivity contribution is -0.128. The third-order valence-electron chi connectivity index (χ3n) is 2.81. The van der Waals surface area contributed by atoms with Crippen molar-refractivity contribution in [2.75, 3.05) is 0 Å². The second-order valence-electron chi connectivity index (χ2n) is 4.97. The van der Waals surface area contributed by atoms with Crippen molar-refractivity contribution in [2.45, 2.75) is 45.6 Å². The largest absolute Gasteiger partial charge is 0.404 e. The van der Waals surface area contributed by atoms with Crippen molar-refractivity contribution >= 4 is 18.0 Å². The molecule has 0 saturated carbocycles. The smallest absolute Gasteiger partial charge is 0.240 e. The van der Waals surface area contributed by atoms with E-state index in [1.165, 1.54) is 6.20 Å². The van der Waals surface area contributed by atoms with Crippen LogP contribution in [0.4, 0.5) is 0 Å². The van der Waals surface area contributed by atoms with Gasteiger partial charge in [-0.05, 0) is 18.8 Å². The fourth-order valence-electron chi connectivity index (χ4n) is 1.60. The summed E-state index contributed by atoms with van der Waals surface area (Å²) in [5, 5.41) is 9.64. The van der Waals surface area contributed by atoms with E-state index in [1.54, 1.807) is 0 Å². The van der Waals surface area contributed by atoms with Gasteiger partial charge in [-0.25, -0.2) is 0 Å². The van der Waals surface area contributed by atoms with Gasteiger partial charge < -0.3 is 22.2 Å². The number of carbonyl (C=O) groups excluding carboxylic acids is 2. The summed E-state index contributed by atoms with van der Waals surface area (Å²) in [6.45, 7) is 3.66. The van der Waals surface area contributed by atoms with Crippen LogP contribution in [-0.2, 0) is 9.59 Å². The first-order valence-electron chi connectivity index (χ1n) is 6.92. The first-order chi connectivity index (χ1) is 9.92. The molecule has 0 aromatic carbocycles. The van der Waals surface area contributed by atoms with Gasteiger partial charge in [-0.2, -0.15) is 0 Å². The third kappa shape index (κ3) is 8.47. The van der Waals surface area contributed by atoms with Gasteiger partial charge >= 0.3 is 0 Å². The van der Waals surface area contributed by atoms with E-state index < -0.39 is 11.9 Å². The predicted molar refractivity (Wildman–Crippen MR) is 83.3 cm³/mol. The summed E-state index contributed by atoms with van der Waals surface area (Å²) in [4.78, 5) is 22.9. The van der Waals surface area contributed by atoms with E-state index in [9.17, 15) is 9.59 Å². The Morgan fingerprint density at radius 1 is 1.33 bits per heavy atom. The molecule has 0 heterocycles. The van der Waals surface area contributed by atoms with E-state index in [2.05, 4.69) is 17.2 Å². The normalized spacial score (nSPS) is 12.2. The molecule has 6 N–H and O–H groups in total. The molecule has 6 nitrogen and oxygen atoms in total. The standard InChI is InChI=1S/C15H24N4O2/c1-11(2)14(15(18)21)19-13(20)8-6-4-3-5-7-12(9-16)10-17/h9-11,14,16H,3-4,6,8,17H2,1-2H3,(H2,18,21)(H,19,20)/b12-10-,16-9?/t14-/m0/s1. The van der Waals surface area contributed by atoms with E-state index >= 15 is 0 Å². The van der Waals surface area contributed by atoms with E-state index in [-0.39, 0.29) is 11.8 Å². The molecule has 2 amide bonds. The lowest BCUT2D eigenvalue weighted by Crippen LogP contribution is -2.47. The molecule has 0 aromatic heterocycles. The fraction of sp³-hybridized carbons (Fsp3) is 0.533. The van der Waals surface area contributed by atoms with Gasteiger partial charge in [0.05, 0.1) is 5.57 Å². The lowest BCUT2D eigenvalue weighted by atomic mass is 10.0. The number of hydrogen-bond acceptors (Lipinski definition) is 4. The molecule has 0 aliphatic carbocycles. The Bertz CT molecular complexity index is 458. The van der Waals surface area contributed by atoms with Crippen LogP contribution in [0, 0.1) is 23.2 Å². The Labute approximate surface area is 125 Å². The molecule has 0 aromatic rings. The van der Waals surface area contributed by atoms with Gasteiger partial charge in [0, 0.05) is 25.3 Å². The molecule has 0 saturated heterocycles. The molecule has 1 atom stereocenters. The molecule has 0 spiro atoms. The summed E-state index contributed by atoms with van der Waals surface area (Å²) >= 11 is 0. The highest BCUT2D eigenvalue weighted by molar-refractivity contribution is 5.86. The van der Waals surface area contributed by atoms with Crippen molar-refractivity contribution in [1.82, 2.24) is 5.32 Å². The Morgan fingerprint density at radius 2 is 2.00 bits per heavy atom. The minimum absolute atomic E-state index is 0.0279. The average Bonchev–Trinajstić information content (AvgIpc) is 2.43. The fourth-order valence-corrected chi connectivity index (χ4v) is 1.60. The highest BCUT2D eigenvalue weighted by Gasteiger charge is 2.20. The number of nitrogens with two attached hydrogens (primary N) is 2. The molecular formula is C15H24N4O2. The van der Waals surface area contributed by atoms with Gasteiger partial charge in [0.2, 0.25) is 11.8 Å². The van der Waals surface area contributed by atoms with Gasteiger partial charge in [-0.15, -0.1) is 0 Å². The van der Waals surface area contributed by atoms with Crippen molar-refractivity contribution in [1.29, 1.82) is 5.41 Å². The number of hydrogen-bond donors (Lipinski definition) is 4. The van der Waals surface area contributed by atoms with Crippen LogP contribution < -0.4 is 16.8 Å². The van der Waals surface area contributed by atoms with Crippen LogP contribution in [0.5, 0.6) is 0 Å². The Kier molecular flexibility index (Phi) is 9.35. The number of primary amides is 1. The second-order valence-corrected chi connectivity index (χ2v) is 4.97. The highest BCUT2D eigenvalue weighted by atomic mass is 16.2. The SMILES string of the molecule is CC(C)[C@H](NC(=O)CCCCC#C/C(C=N)=C/N)C(N)=O. The summed E-state index contributed by atoms with van der Waals surface area (Å²) in [5.41, 5.74) is 10.9. The van der Waals surface area contributed by atoms with Gasteiger partial charge in [0.1, 0.15) is 6.04 Å². The Hall–Kier alpha value is -2.29. The number of amides is 2. The Balaban J connectivity index is 4.00. The number of nitrogens with one attached hydrogen (secondary N) is 2. The first-order valence-corrected chi connectivity index (χ1v) is 6.92. The van der Waals surface area contributed by atoms with Crippen LogP contribution in [0.2, 0.25) is 0 Å². The van der Waals surface area contributed by atoms with Gasteiger partial charge in [0.15, 0.2) is 0 Å². The first kappa shape index (κ1) is 18.7. The molecule has 21 heavy (non-hydrogen) atoms. The van der Waals surface area contributed by atoms with Crippen LogP contribution in [0.15, 0.2) is 11.8 Å². The number of rotatable bonds is 8. The number of allylic oxidation sites excluding steroid dienone is 1. The maximum absolute atomic E-state index is 11.7. The minimum Gasteiger partial charge on any atom is -0.404 e. The summed E-state index contributed by atoms with van der Waals surface area (Å²) in [5.74, 6) is 4.91. The van der Waals surface area contributed by atoms with Crippen LogP contribution >= 0.6 is 0 Å². The van der Waals surface area contributed by atoms with Crippen molar-refractivity contribution in [3.05, 3.63) is 11.8 Å². The quantitative estimate of drug-likeness (QED) is 0.299. The number of carbonyl (C=O) groups is 2. The van der Waals surface area contributed by atoms with Crippen LogP contribution in [0.3, 0.4) is 0 Å². The topological polar surface area (TPSA) is 122 Å². The zero-order valence-corrected chi connectivity index (χ0v) is 12.6.